The van der Waals surface area contributed by atoms with Crippen molar-refractivity contribution in [3.63, 3.8) is 0 Å². The minimum Gasteiger partial charge on any atom is -0.480 e. The molecule has 4 unspecified atom stereocenters. The van der Waals surface area contributed by atoms with Crippen molar-refractivity contribution in [2.24, 2.45) is 44.4 Å². The highest BCUT2D eigenvalue weighted by Gasteiger charge is 2.30. The number of nitrogens with one attached hydrogen (secondary N) is 3. The number of aliphatic carboxylic acids is 1. The maximum atomic E-state index is 13.2. The molecule has 0 spiro atoms. The van der Waals surface area contributed by atoms with Gasteiger partial charge >= 0.3 is 5.97 Å². The standard InChI is InChI=1S/C23H47N11O5S/c1-40-13-9-16(32-18(35)14(25)6-2-3-10-24)20(37)33-15(7-4-11-30-22(26)27)19(36)34-17(21(38)39)8-5-12-31-23(28)29/h14-17H,2-13,24-25H2,1H3,(H,32,35)(H,33,37)(H,34,36)(H,38,39)(H4,26,27,30)(H4,28,29,31). The summed E-state index contributed by atoms with van der Waals surface area (Å²) >= 11 is 1.48. The van der Waals surface area contributed by atoms with Crippen molar-refractivity contribution in [3.8, 4) is 0 Å². The predicted octanol–water partition coefficient (Wildman–Crippen LogP) is -3.16. The van der Waals surface area contributed by atoms with Gasteiger partial charge in [-0.2, -0.15) is 11.8 Å². The highest BCUT2D eigenvalue weighted by atomic mass is 32.2. The van der Waals surface area contributed by atoms with Gasteiger partial charge in [0.05, 0.1) is 6.04 Å². The Balaban J connectivity index is 5.57. The van der Waals surface area contributed by atoms with Crippen LogP contribution in [0.4, 0.5) is 0 Å². The molecular formula is C23H47N11O5S. The van der Waals surface area contributed by atoms with Crippen molar-refractivity contribution in [3.05, 3.63) is 0 Å². The molecule has 3 amide bonds. The zero-order chi connectivity index (χ0) is 30.5. The van der Waals surface area contributed by atoms with Crippen LogP contribution in [0.3, 0.4) is 0 Å². The zero-order valence-electron chi connectivity index (χ0n) is 23.1. The number of carbonyl (C=O) groups excluding carboxylic acids is 3. The summed E-state index contributed by atoms with van der Waals surface area (Å²) in [6.07, 6.45) is 4.72. The molecule has 40 heavy (non-hydrogen) atoms. The van der Waals surface area contributed by atoms with Gasteiger partial charge in [0.25, 0.3) is 0 Å². The molecule has 0 saturated heterocycles. The second-order valence-electron chi connectivity index (χ2n) is 9.09. The minimum atomic E-state index is -1.25. The topological polar surface area (TPSA) is 305 Å². The van der Waals surface area contributed by atoms with Crippen LogP contribution in [0, 0.1) is 0 Å². The van der Waals surface area contributed by atoms with Crippen LogP contribution in [-0.2, 0) is 19.2 Å². The van der Waals surface area contributed by atoms with Crippen LogP contribution in [0.2, 0.25) is 0 Å². The maximum absolute atomic E-state index is 13.2. The first-order valence-electron chi connectivity index (χ1n) is 13.1. The quantitative estimate of drug-likeness (QED) is 0.0340. The summed E-state index contributed by atoms with van der Waals surface area (Å²) in [4.78, 5) is 58.4. The van der Waals surface area contributed by atoms with Crippen molar-refractivity contribution in [2.45, 2.75) is 75.5 Å². The van der Waals surface area contributed by atoms with Crippen LogP contribution >= 0.6 is 11.8 Å². The molecule has 0 aromatic rings. The SMILES string of the molecule is CSCCC(NC(=O)C(N)CCCCN)C(=O)NC(CCCN=C(N)N)C(=O)NC(CCCN=C(N)N)C(=O)O. The lowest BCUT2D eigenvalue weighted by molar-refractivity contribution is -0.142. The molecule has 0 rings (SSSR count). The molecule has 0 aliphatic heterocycles. The Morgan fingerprint density at radius 1 is 0.725 bits per heavy atom. The van der Waals surface area contributed by atoms with Crippen LogP contribution in [0.1, 0.15) is 51.4 Å². The van der Waals surface area contributed by atoms with Crippen molar-refractivity contribution in [2.75, 3.05) is 31.6 Å². The molecule has 0 heterocycles. The Bertz CT molecular complexity index is 851. The average molecular weight is 590 g/mol. The van der Waals surface area contributed by atoms with Gasteiger partial charge in [-0.1, -0.05) is 6.42 Å². The molecule has 230 valence electrons. The largest absolute Gasteiger partial charge is 0.480 e. The van der Waals surface area contributed by atoms with E-state index in [2.05, 4.69) is 25.9 Å². The van der Waals surface area contributed by atoms with Gasteiger partial charge in [-0.25, -0.2) is 4.79 Å². The van der Waals surface area contributed by atoms with E-state index in [0.29, 0.717) is 44.4 Å². The molecule has 0 aliphatic carbocycles. The molecule has 16 N–H and O–H groups in total. The number of nitrogens with zero attached hydrogens (tertiary/aromatic N) is 2. The van der Waals surface area contributed by atoms with Gasteiger partial charge in [0.1, 0.15) is 18.1 Å². The average Bonchev–Trinajstić information content (AvgIpc) is 2.89. The number of carbonyl (C=O) groups is 4. The molecular weight excluding hydrogens is 542 g/mol. The Hall–Kier alpha value is -3.31. The second-order valence-corrected chi connectivity index (χ2v) is 10.1. The van der Waals surface area contributed by atoms with E-state index in [9.17, 15) is 24.3 Å². The number of aliphatic imine (C=N–C) groups is 2. The number of hydrogen-bond acceptors (Lipinski definition) is 9. The number of rotatable bonds is 22. The molecule has 4 atom stereocenters. The summed E-state index contributed by atoms with van der Waals surface area (Å²) in [7, 11) is 0. The summed E-state index contributed by atoms with van der Waals surface area (Å²) in [5.74, 6) is -2.74. The van der Waals surface area contributed by atoms with Gasteiger partial charge in [-0.15, -0.1) is 0 Å². The highest BCUT2D eigenvalue weighted by molar-refractivity contribution is 7.98. The number of carboxylic acids is 1. The number of hydrogen-bond donors (Lipinski definition) is 10. The Labute approximate surface area is 239 Å². The Morgan fingerprint density at radius 3 is 1.68 bits per heavy atom. The van der Waals surface area contributed by atoms with E-state index in [1.54, 1.807) is 0 Å². The maximum Gasteiger partial charge on any atom is 0.326 e. The second kappa shape index (κ2) is 21.5. The minimum absolute atomic E-state index is 0.0565. The molecule has 0 aromatic heterocycles. The Morgan fingerprint density at radius 2 is 1.20 bits per heavy atom. The molecule has 0 radical (unpaired) electrons. The van der Waals surface area contributed by atoms with E-state index in [1.807, 2.05) is 6.26 Å². The molecule has 17 heteroatoms. The van der Waals surface area contributed by atoms with Crippen LogP contribution in [0.15, 0.2) is 9.98 Å². The summed E-state index contributed by atoms with van der Waals surface area (Å²) in [6.45, 7) is 0.859. The lowest BCUT2D eigenvalue weighted by atomic mass is 10.1. The number of carboxylic acid groups (broad SMARTS) is 1. The molecule has 0 saturated carbocycles. The summed E-state index contributed by atoms with van der Waals surface area (Å²) in [5.41, 5.74) is 32.7. The molecule has 16 nitrogen and oxygen atoms in total. The summed E-state index contributed by atoms with van der Waals surface area (Å²) in [6, 6.07) is -4.13. The number of guanidine groups is 2. The van der Waals surface area contributed by atoms with E-state index in [0.717, 1.165) is 6.42 Å². The first kappa shape index (κ1) is 36.7. The number of amides is 3. The van der Waals surface area contributed by atoms with Gasteiger partial charge in [0.2, 0.25) is 17.7 Å². The fourth-order valence-electron chi connectivity index (χ4n) is 3.50. The molecule has 0 aliphatic rings. The van der Waals surface area contributed by atoms with Crippen molar-refractivity contribution in [1.29, 1.82) is 0 Å². The van der Waals surface area contributed by atoms with E-state index in [4.69, 9.17) is 34.4 Å². The van der Waals surface area contributed by atoms with Crippen LogP contribution in [0.25, 0.3) is 0 Å². The third-order valence-corrected chi connectivity index (χ3v) is 6.33. The monoisotopic (exact) mass is 589 g/mol. The van der Waals surface area contributed by atoms with Crippen molar-refractivity contribution >= 4 is 47.4 Å². The van der Waals surface area contributed by atoms with Gasteiger partial charge < -0.3 is 55.5 Å². The number of nitrogens with two attached hydrogens (primary N) is 6. The van der Waals surface area contributed by atoms with E-state index in [-0.39, 0.29) is 37.9 Å². The summed E-state index contributed by atoms with van der Waals surface area (Å²) < 4.78 is 0. The van der Waals surface area contributed by atoms with E-state index in [1.165, 1.54) is 11.8 Å². The third-order valence-electron chi connectivity index (χ3n) is 5.69. The first-order valence-corrected chi connectivity index (χ1v) is 14.5. The fourth-order valence-corrected chi connectivity index (χ4v) is 3.97. The van der Waals surface area contributed by atoms with Crippen LogP contribution in [-0.4, -0.2) is 96.5 Å². The first-order chi connectivity index (χ1) is 18.9. The van der Waals surface area contributed by atoms with Gasteiger partial charge in [-0.05, 0) is 63.5 Å². The van der Waals surface area contributed by atoms with Crippen LogP contribution < -0.4 is 50.4 Å². The van der Waals surface area contributed by atoms with Gasteiger partial charge in [0, 0.05) is 13.1 Å². The number of thioether (sulfide) groups is 1. The fraction of sp³-hybridized carbons (Fsp3) is 0.739. The van der Waals surface area contributed by atoms with E-state index >= 15 is 0 Å². The van der Waals surface area contributed by atoms with Crippen molar-refractivity contribution < 1.29 is 24.3 Å². The number of unbranched alkanes of at least 4 members (excludes halogenated alkanes) is 1. The molecule has 0 aromatic carbocycles. The van der Waals surface area contributed by atoms with E-state index < -0.39 is 47.9 Å². The van der Waals surface area contributed by atoms with Crippen molar-refractivity contribution in [1.82, 2.24) is 16.0 Å². The van der Waals surface area contributed by atoms with Gasteiger partial charge in [0.15, 0.2) is 11.9 Å². The Kier molecular flexibility index (Phi) is 19.7. The zero-order valence-corrected chi connectivity index (χ0v) is 24.0. The van der Waals surface area contributed by atoms with Gasteiger partial charge in [-0.3, -0.25) is 24.4 Å². The third kappa shape index (κ3) is 17.3. The highest BCUT2D eigenvalue weighted by Crippen LogP contribution is 2.07. The smallest absolute Gasteiger partial charge is 0.326 e. The molecule has 0 fully saturated rings. The lowest BCUT2D eigenvalue weighted by Gasteiger charge is -2.25. The normalized spacial score (nSPS) is 13.7. The lowest BCUT2D eigenvalue weighted by Crippen LogP contribution is -2.57. The van der Waals surface area contributed by atoms with Crippen LogP contribution in [0.5, 0.6) is 0 Å². The predicted molar refractivity (Wildman–Crippen MR) is 157 cm³/mol. The molecule has 0 bridgehead atoms. The summed E-state index contributed by atoms with van der Waals surface area (Å²) in [5, 5.41) is 17.4.